The zero-order chi connectivity index (χ0) is 100. The summed E-state index contributed by atoms with van der Waals surface area (Å²) in [5.74, 6) is -2.68. The summed E-state index contributed by atoms with van der Waals surface area (Å²) in [6.07, 6.45) is 0.451. The average molecular weight is 2270 g/mol. The van der Waals surface area contributed by atoms with Gasteiger partial charge in [-0.2, -0.15) is 0 Å². The van der Waals surface area contributed by atoms with Crippen LogP contribution in [0.15, 0.2) is 364 Å². The van der Waals surface area contributed by atoms with Crippen LogP contribution in [0.4, 0.5) is 0 Å². The van der Waals surface area contributed by atoms with Crippen LogP contribution in [0.5, 0.6) is 0 Å². The van der Waals surface area contributed by atoms with Crippen molar-refractivity contribution < 1.29 is 130 Å². The summed E-state index contributed by atoms with van der Waals surface area (Å²) in [4.78, 5) is 85.6. The number of fused-ring (bicyclic) bond motifs is 2. The van der Waals surface area contributed by atoms with E-state index in [0.717, 1.165) is 33.2 Å². The van der Waals surface area contributed by atoms with Gasteiger partial charge in [-0.25, -0.2) is 24.0 Å². The van der Waals surface area contributed by atoms with E-state index in [1.165, 1.54) is 0 Å². The number of carbonyl (C=O) groups is 5. The zero-order valence-electron chi connectivity index (χ0n) is 83.2. The van der Waals surface area contributed by atoms with Gasteiger partial charge >= 0.3 is 156 Å². The van der Waals surface area contributed by atoms with Crippen LogP contribution in [0.25, 0.3) is 0 Å². The number of hydrogen-bond acceptors (Lipinski definition) is 27. The Hall–Kier alpha value is -8.73. The molecule has 28 nitrogen and oxygen atoms in total. The third-order valence-corrected chi connectivity index (χ3v) is 64.2. The van der Waals surface area contributed by atoms with Crippen LogP contribution in [0.1, 0.15) is 74.1 Å². The van der Waals surface area contributed by atoms with Gasteiger partial charge in [-0.1, -0.05) is 344 Å². The summed E-state index contributed by atoms with van der Waals surface area (Å²) in [5, 5.41) is 7.15. The molecule has 4 atom stereocenters. The van der Waals surface area contributed by atoms with Gasteiger partial charge < -0.3 is 106 Å². The molecule has 2 heterocycles. The molecule has 0 spiro atoms. The SMILES string of the molecule is C.C=C(C)C(=O)OCCC[Si](C)(OC)OC.C=C(C)C(=O)OCCC[Si]12COC[Si](CCCOC(=O)C(=C)C)(O[Si](OC)(c3ccccc3)c3ccccc3)O[Si](c3ccccc3)(c3ccccc3)COC[Si](CCCOC(=O)C(=C)C)(O1)O[Si](c1ccccc1)(c1ccccc1)O[Si](CCCOC(=O)C(=C)C)(O[Si](OC)(c1ccccc1)c1ccccc1)O2.O.O[Si](O)(c1ccccc1)c1ccccc1.[Ba+2].[OH-].[OH-]. The van der Waals surface area contributed by atoms with Gasteiger partial charge in [0, 0.05) is 62.3 Å². The topological polar surface area (TPSA) is 383 Å². The monoisotopic (exact) mass is 2260 g/mol. The second-order valence-electron chi connectivity index (χ2n) is 34.2. The summed E-state index contributed by atoms with van der Waals surface area (Å²) in [5.41, 5.74) is 1.27. The third kappa shape index (κ3) is 34.2. The third-order valence-electron chi connectivity index (χ3n) is 23.2. The van der Waals surface area contributed by atoms with E-state index in [9.17, 15) is 33.6 Å². The number of carbonyl (C=O) groups excluding carboxylic acids is 5. The minimum Gasteiger partial charge on any atom is -0.870 e. The molecule has 10 aromatic carbocycles. The van der Waals surface area contributed by atoms with Crippen molar-refractivity contribution in [3.05, 3.63) is 364 Å². The van der Waals surface area contributed by atoms with Crippen LogP contribution in [0.2, 0.25) is 36.8 Å². The maximum Gasteiger partial charge on any atom is 2.00 e. The molecule has 0 aliphatic carbocycles. The molecule has 2 bridgehead atoms. The molecule has 0 amide bonds. The molecule has 0 radical (unpaired) electrons. The Balaban J connectivity index is 0.000000889. The molecular formula is C105H138BaO28Si10. The van der Waals surface area contributed by atoms with Gasteiger partial charge in [-0.3, -0.25) is 0 Å². The van der Waals surface area contributed by atoms with E-state index in [0.29, 0.717) is 43.3 Å². The van der Waals surface area contributed by atoms with Gasteiger partial charge in [0.25, 0.3) is 8.32 Å². The normalized spacial score (nSPS) is 17.5. The number of hydrogen-bond donors (Lipinski definition) is 2. The van der Waals surface area contributed by atoms with E-state index in [-0.39, 0.29) is 202 Å². The Kier molecular flexibility index (Phi) is 53.0. The van der Waals surface area contributed by atoms with Crippen molar-refractivity contribution in [1.29, 1.82) is 0 Å². The predicted molar refractivity (Wildman–Crippen MR) is 582 cm³/mol. The van der Waals surface area contributed by atoms with Crippen molar-refractivity contribution in [2.24, 2.45) is 0 Å². The first kappa shape index (κ1) is 126. The number of ether oxygens (including phenoxy) is 7. The van der Waals surface area contributed by atoms with Gasteiger partial charge in [0.05, 0.1) is 58.0 Å². The van der Waals surface area contributed by atoms with E-state index >= 15 is 0 Å². The van der Waals surface area contributed by atoms with Crippen molar-refractivity contribution in [2.45, 2.75) is 111 Å². The minimum atomic E-state index is -4.97. The van der Waals surface area contributed by atoms with E-state index in [4.69, 9.17) is 79.7 Å². The molecule has 10 aromatic rings. The summed E-state index contributed by atoms with van der Waals surface area (Å²) < 4.78 is 129. The summed E-state index contributed by atoms with van der Waals surface area (Å²) in [6.45, 7) is 29.1. The quantitative estimate of drug-likeness (QED) is 0.0118. The van der Waals surface area contributed by atoms with E-state index in [1.807, 2.05) is 261 Å². The van der Waals surface area contributed by atoms with Crippen molar-refractivity contribution in [2.75, 3.05) is 86.4 Å². The first-order valence-electron chi connectivity index (χ1n) is 46.2. The van der Waals surface area contributed by atoms with Gasteiger partial charge in [-0.05, 0) is 149 Å². The van der Waals surface area contributed by atoms with Crippen LogP contribution in [-0.4, -0.2) is 277 Å². The van der Waals surface area contributed by atoms with Crippen molar-refractivity contribution in [3.63, 3.8) is 0 Å². The Morgan fingerprint density at radius 1 is 0.326 bits per heavy atom. The second-order valence-corrected chi connectivity index (χ2v) is 66.7. The van der Waals surface area contributed by atoms with E-state index in [1.54, 1.807) is 87.3 Å². The standard InChI is InChI=1S/C82H98O19Si8.C12H12O2Si.C10H20O4Si.CH4.Ba.3H2O/c1-67(2)79(83)91-55-35-59-102-63-89-64-104(61-37-57-93-81(85)69(5)6,98-107(87-9,73-43-23-13-24-44-73)74-45-25-14-26-46-74)96-105(71-39-19-11-20-40-71,72-41-21-12-22-42-72)66-90-65-103(95-102,60-36-56-92-80(84)68(3)4)99-109(77-51-31-17-32-52-77,78-53-33-18-34-54-78)101-106(97-102,62-38-58-94-82(86)70(7)8)100-108(88-10,75-47-27-15-28-48-75)76-49-29-16-30-50-76;13-15(14,11-7-3-1-4-8-11)12-9-5-2-6-10-12;1-9(2)10(11)14-7-6-8-15(5,12-3)13-4;;;;;/h11-34,39-54H,1,3,5,7,35-38,55-66H2,2,4,6,8-10H3;1-10,13-14H;1,6-8H2,2-5H3;1H4;;3*1H2/q;;;;+2;;;/p-2. The molecular weight excluding hydrogens is 2130 g/mol. The summed E-state index contributed by atoms with van der Waals surface area (Å²) in [7, 11) is -34.3. The van der Waals surface area contributed by atoms with Crippen LogP contribution in [0.3, 0.4) is 0 Å². The molecule has 12 rings (SSSR count). The van der Waals surface area contributed by atoms with Gasteiger partial charge in [0.2, 0.25) is 0 Å². The number of benzene rings is 10. The Morgan fingerprint density at radius 2 is 0.597 bits per heavy atom. The van der Waals surface area contributed by atoms with Gasteiger partial charge in [0.15, 0.2) is 0 Å². The number of rotatable bonds is 43. The maximum atomic E-state index is 13.6. The van der Waals surface area contributed by atoms with Crippen molar-refractivity contribution in [3.8, 4) is 0 Å². The van der Waals surface area contributed by atoms with Crippen LogP contribution >= 0.6 is 0 Å². The van der Waals surface area contributed by atoms with Gasteiger partial charge in [-0.15, -0.1) is 0 Å². The van der Waals surface area contributed by atoms with E-state index in [2.05, 4.69) is 57.2 Å². The van der Waals surface area contributed by atoms with Crippen LogP contribution in [0, 0.1) is 0 Å². The molecule has 144 heavy (non-hydrogen) atoms. The molecule has 2 fully saturated rings. The molecule has 0 saturated carbocycles. The first-order valence-corrected chi connectivity index (χ1v) is 66.8. The predicted octanol–water partition coefficient (Wildman–Crippen LogP) is 10.6. The summed E-state index contributed by atoms with van der Waals surface area (Å²) in [6, 6.07) is 97.8. The Morgan fingerprint density at radius 3 is 0.910 bits per heavy atom. The van der Waals surface area contributed by atoms with Crippen LogP contribution in [-0.2, 0) is 104 Å². The molecule has 6 N–H and O–H groups in total. The maximum absolute atomic E-state index is 13.6. The Bertz CT molecular complexity index is 5420. The van der Waals surface area contributed by atoms with Crippen molar-refractivity contribution >= 4 is 216 Å². The van der Waals surface area contributed by atoms with Crippen molar-refractivity contribution in [1.82, 2.24) is 0 Å². The molecule has 39 heteroatoms. The fraction of sp³-hybridized carbons (Fsp3) is 0.286. The van der Waals surface area contributed by atoms with E-state index < -0.39 is 109 Å². The summed E-state index contributed by atoms with van der Waals surface area (Å²) >= 11 is 0. The Labute approximate surface area is 899 Å². The van der Waals surface area contributed by atoms with Crippen LogP contribution < -0.4 is 51.9 Å². The first-order chi connectivity index (χ1) is 66.8. The largest absolute Gasteiger partial charge is 2.00 e. The fourth-order valence-electron chi connectivity index (χ4n) is 15.9. The smallest absolute Gasteiger partial charge is 0.870 e. The minimum absolute atomic E-state index is 0. The molecule has 2 aliphatic heterocycles. The fourth-order valence-corrected chi connectivity index (χ4v) is 61.6. The molecule has 4 unspecified atom stereocenters. The van der Waals surface area contributed by atoms with Gasteiger partial charge in [0.1, 0.15) is 0 Å². The molecule has 0 aromatic heterocycles. The molecule has 768 valence electrons. The molecule has 2 saturated heterocycles. The zero-order valence-corrected chi connectivity index (χ0v) is 97.7. The number of esters is 5. The average Bonchev–Trinajstić information content (AvgIpc) is 0.707. The second kappa shape index (κ2) is 60.7. The molecule has 2 aliphatic rings.